The highest BCUT2D eigenvalue weighted by molar-refractivity contribution is 5.86. The van der Waals surface area contributed by atoms with Crippen LogP contribution in [0.4, 0.5) is 4.79 Å². The number of nitrogens with zero attached hydrogens (tertiary/aromatic N) is 1. The number of hydrogen-bond acceptors (Lipinski definition) is 4. The Morgan fingerprint density at radius 1 is 1.44 bits per heavy atom. The van der Waals surface area contributed by atoms with Crippen LogP contribution in [0.1, 0.15) is 6.92 Å². The topological polar surface area (TPSA) is 84.7 Å². The number of amides is 2. The number of likely N-dealkylation sites (N-methyl/N-ethyl adjacent to an activating group) is 1. The van der Waals surface area contributed by atoms with Crippen LogP contribution in [0.25, 0.3) is 0 Å². The number of primary amides is 1. The largest absolute Gasteiger partial charge is 0.461 e. The minimum Gasteiger partial charge on any atom is -0.461 e. The van der Waals surface area contributed by atoms with Crippen molar-refractivity contribution in [3.05, 3.63) is 24.8 Å². The zero-order chi connectivity index (χ0) is 14.6. The molecule has 0 atom stereocenters. The zero-order valence-electron chi connectivity index (χ0n) is 11.4. The van der Waals surface area contributed by atoms with Crippen molar-refractivity contribution in [3.8, 4) is 0 Å². The molecule has 0 aliphatic heterocycles. The molecule has 18 heavy (non-hydrogen) atoms. The van der Waals surface area contributed by atoms with E-state index >= 15 is 0 Å². The second-order valence-electron chi connectivity index (χ2n) is 3.75. The molecule has 3 N–H and O–H groups in total. The zero-order valence-corrected chi connectivity index (χ0v) is 11.4. The lowest BCUT2D eigenvalue weighted by Gasteiger charge is -2.09. The number of rotatable bonds is 6. The van der Waals surface area contributed by atoms with Gasteiger partial charge < -0.3 is 20.7 Å². The number of nitrogens with two attached hydrogens (primary N) is 1. The lowest BCUT2D eigenvalue weighted by atomic mass is 10.4. The van der Waals surface area contributed by atoms with Gasteiger partial charge in [-0.2, -0.15) is 0 Å². The summed E-state index contributed by atoms with van der Waals surface area (Å²) in [5, 5.41) is 2.32. The van der Waals surface area contributed by atoms with Crippen molar-refractivity contribution < 1.29 is 14.3 Å². The fourth-order valence-electron chi connectivity index (χ4n) is 0.617. The van der Waals surface area contributed by atoms with E-state index in [9.17, 15) is 9.59 Å². The van der Waals surface area contributed by atoms with E-state index in [1.54, 1.807) is 13.0 Å². The number of nitrogens with one attached hydrogen (secondary N) is 1. The third kappa shape index (κ3) is 16.6. The summed E-state index contributed by atoms with van der Waals surface area (Å²) in [5.74, 6) is -0.313. The van der Waals surface area contributed by atoms with Crippen molar-refractivity contribution in [1.29, 1.82) is 0 Å². The van der Waals surface area contributed by atoms with Gasteiger partial charge in [0, 0.05) is 18.7 Å². The number of urea groups is 1. The van der Waals surface area contributed by atoms with Gasteiger partial charge in [-0.05, 0) is 21.0 Å². The van der Waals surface area contributed by atoms with Crippen LogP contribution in [0.3, 0.4) is 0 Å². The molecule has 0 fully saturated rings. The van der Waals surface area contributed by atoms with Gasteiger partial charge >= 0.3 is 12.0 Å². The van der Waals surface area contributed by atoms with E-state index in [0.29, 0.717) is 18.7 Å². The molecular formula is C12H23N3O3. The number of hydrogen-bond donors (Lipinski definition) is 2. The van der Waals surface area contributed by atoms with Crippen LogP contribution >= 0.6 is 0 Å². The summed E-state index contributed by atoms with van der Waals surface area (Å²) in [5.41, 5.74) is 5.13. The molecule has 0 rings (SSSR count). The van der Waals surface area contributed by atoms with E-state index in [1.807, 2.05) is 19.0 Å². The van der Waals surface area contributed by atoms with Crippen LogP contribution in [0, 0.1) is 0 Å². The molecule has 104 valence electrons. The number of carbonyl (C=O) groups excluding carboxylic acids is 2. The van der Waals surface area contributed by atoms with E-state index in [-0.39, 0.29) is 5.97 Å². The average Bonchev–Trinajstić information content (AvgIpc) is 2.26. The maximum Gasteiger partial charge on any atom is 0.333 e. The van der Waals surface area contributed by atoms with Crippen LogP contribution in [-0.2, 0) is 9.53 Å². The highest BCUT2D eigenvalue weighted by Crippen LogP contribution is 1.91. The second kappa shape index (κ2) is 11.7. The lowest BCUT2D eigenvalue weighted by molar-refractivity contribution is -0.139. The molecule has 0 heterocycles. The van der Waals surface area contributed by atoms with Gasteiger partial charge in [-0.1, -0.05) is 12.7 Å². The average molecular weight is 257 g/mol. The molecule has 0 aromatic rings. The fourth-order valence-corrected chi connectivity index (χ4v) is 0.617. The van der Waals surface area contributed by atoms with Crippen molar-refractivity contribution in [3.63, 3.8) is 0 Å². The Balaban J connectivity index is 0. The van der Waals surface area contributed by atoms with Crippen LogP contribution in [0.2, 0.25) is 0 Å². The Labute approximate surface area is 108 Å². The molecular weight excluding hydrogens is 234 g/mol. The Hall–Kier alpha value is -1.82. The molecule has 0 bridgehead atoms. The molecule has 0 saturated carbocycles. The molecule has 6 nitrogen and oxygen atoms in total. The summed E-state index contributed by atoms with van der Waals surface area (Å²) in [6.07, 6.45) is 1.56. The maximum absolute atomic E-state index is 10.8. The quantitative estimate of drug-likeness (QED) is 0.412. The van der Waals surface area contributed by atoms with Gasteiger partial charge in [-0.25, -0.2) is 9.59 Å². The minimum atomic E-state index is -0.514. The second-order valence-corrected chi connectivity index (χ2v) is 3.75. The smallest absolute Gasteiger partial charge is 0.333 e. The number of ether oxygens (including phenoxy) is 1. The summed E-state index contributed by atoms with van der Waals surface area (Å²) in [6, 6.07) is -0.514. The van der Waals surface area contributed by atoms with Gasteiger partial charge in [0.1, 0.15) is 6.61 Å². The molecule has 0 aliphatic rings. The highest BCUT2D eigenvalue weighted by Gasteiger charge is 2.01. The minimum absolute atomic E-state index is 0.313. The molecule has 0 aromatic carbocycles. The molecule has 0 spiro atoms. The van der Waals surface area contributed by atoms with E-state index in [1.165, 1.54) is 0 Å². The fraction of sp³-hybridized carbons (Fsp3) is 0.500. The van der Waals surface area contributed by atoms with E-state index in [2.05, 4.69) is 24.2 Å². The van der Waals surface area contributed by atoms with Crippen molar-refractivity contribution in [2.45, 2.75) is 6.92 Å². The predicted octanol–water partition coefficient (Wildman–Crippen LogP) is 0.508. The maximum atomic E-state index is 10.8. The molecule has 6 heteroatoms. The standard InChI is InChI=1S/C8H15NO2.C4H8N2O/c1-7(2)8(10)11-6-5-9(3)4;1-2-3-6-4(5)7/h1,5-6H2,2-4H3;2H,1,3H2,(H3,5,6,7). The summed E-state index contributed by atoms with van der Waals surface area (Å²) >= 11 is 0. The van der Waals surface area contributed by atoms with Crippen LogP contribution < -0.4 is 11.1 Å². The van der Waals surface area contributed by atoms with Crippen LogP contribution in [0.15, 0.2) is 24.8 Å². The third-order valence-corrected chi connectivity index (χ3v) is 1.54. The highest BCUT2D eigenvalue weighted by atomic mass is 16.5. The first-order chi connectivity index (χ1) is 8.31. The Morgan fingerprint density at radius 3 is 2.28 bits per heavy atom. The Morgan fingerprint density at radius 2 is 2.00 bits per heavy atom. The van der Waals surface area contributed by atoms with Gasteiger partial charge in [-0.15, -0.1) is 6.58 Å². The van der Waals surface area contributed by atoms with E-state index < -0.39 is 6.03 Å². The first kappa shape index (κ1) is 18.5. The van der Waals surface area contributed by atoms with Crippen LogP contribution in [0.5, 0.6) is 0 Å². The van der Waals surface area contributed by atoms with Crippen molar-refractivity contribution in [1.82, 2.24) is 10.2 Å². The normalized spacial score (nSPS) is 8.89. The summed E-state index contributed by atoms with van der Waals surface area (Å²) < 4.78 is 4.83. The Bertz CT molecular complexity index is 288. The first-order valence-electron chi connectivity index (χ1n) is 5.42. The van der Waals surface area contributed by atoms with Gasteiger partial charge in [0.15, 0.2) is 0 Å². The van der Waals surface area contributed by atoms with Crippen LogP contribution in [-0.4, -0.2) is 50.7 Å². The summed E-state index contributed by atoms with van der Waals surface area (Å²) in [7, 11) is 3.85. The lowest BCUT2D eigenvalue weighted by Crippen LogP contribution is -2.28. The van der Waals surface area contributed by atoms with Crippen molar-refractivity contribution >= 4 is 12.0 Å². The molecule has 2 amide bonds. The molecule has 0 radical (unpaired) electrons. The molecule has 0 aliphatic carbocycles. The first-order valence-corrected chi connectivity index (χ1v) is 5.42. The predicted molar refractivity (Wildman–Crippen MR) is 72.1 cm³/mol. The third-order valence-electron chi connectivity index (χ3n) is 1.54. The van der Waals surface area contributed by atoms with Gasteiger partial charge in [0.2, 0.25) is 0 Å². The van der Waals surface area contributed by atoms with Gasteiger partial charge in [0.25, 0.3) is 0 Å². The number of carbonyl (C=O) groups is 2. The van der Waals surface area contributed by atoms with Gasteiger partial charge in [-0.3, -0.25) is 0 Å². The Kier molecular flexibility index (Phi) is 12.0. The molecule has 0 saturated heterocycles. The summed E-state index contributed by atoms with van der Waals surface area (Å²) in [4.78, 5) is 22.6. The molecule has 0 unspecified atom stereocenters. The van der Waals surface area contributed by atoms with Crippen molar-refractivity contribution in [2.24, 2.45) is 5.73 Å². The summed E-state index contributed by atoms with van der Waals surface area (Å²) in [6.45, 7) is 10.1. The SMILES string of the molecule is C=C(C)C(=O)OCCN(C)C.C=CCNC(N)=O. The van der Waals surface area contributed by atoms with E-state index in [4.69, 9.17) is 4.74 Å². The molecule has 0 aromatic heterocycles. The number of esters is 1. The van der Waals surface area contributed by atoms with E-state index in [0.717, 1.165) is 6.54 Å². The monoisotopic (exact) mass is 257 g/mol. The van der Waals surface area contributed by atoms with Crippen molar-refractivity contribution in [2.75, 3.05) is 33.8 Å². The van der Waals surface area contributed by atoms with Gasteiger partial charge in [0.05, 0.1) is 0 Å².